The number of nitrogens with one attached hydrogen (secondary N) is 2. The third-order valence-corrected chi connectivity index (χ3v) is 5.27. The van der Waals surface area contributed by atoms with Crippen LogP contribution in [0.5, 0.6) is 0 Å². The Morgan fingerprint density at radius 1 is 1.07 bits per heavy atom. The number of nitrogens with zero attached hydrogens (tertiary/aromatic N) is 5. The number of aryl methyl sites for hydroxylation is 1. The number of hydrogen-bond acceptors (Lipinski definition) is 5. The summed E-state index contributed by atoms with van der Waals surface area (Å²) in [6, 6.07) is 16.9. The first-order valence-corrected chi connectivity index (χ1v) is 9.74. The molecule has 0 bridgehead atoms. The molecular weight excluding hydrogens is 350 g/mol. The Hall–Kier alpha value is -3.35. The second-order valence-electron chi connectivity index (χ2n) is 7.25. The van der Waals surface area contributed by atoms with Crippen molar-refractivity contribution in [2.24, 2.45) is 0 Å². The van der Waals surface area contributed by atoms with Crippen LogP contribution in [0.4, 0.5) is 17.7 Å². The summed E-state index contributed by atoms with van der Waals surface area (Å²) in [6.07, 6.45) is 5.46. The lowest BCUT2D eigenvalue weighted by Gasteiger charge is -2.36. The predicted molar refractivity (Wildman–Crippen MR) is 110 cm³/mol. The van der Waals surface area contributed by atoms with Crippen LogP contribution >= 0.6 is 0 Å². The molecule has 0 saturated carbocycles. The van der Waals surface area contributed by atoms with Gasteiger partial charge in [-0.1, -0.05) is 30.3 Å². The molecule has 1 aliphatic heterocycles. The first-order valence-electron chi connectivity index (χ1n) is 9.74. The van der Waals surface area contributed by atoms with E-state index in [0.29, 0.717) is 6.04 Å². The number of fused-ring (bicyclic) bond motifs is 1. The van der Waals surface area contributed by atoms with E-state index in [1.807, 2.05) is 35.7 Å². The highest BCUT2D eigenvalue weighted by Gasteiger charge is 2.27. The van der Waals surface area contributed by atoms with Crippen molar-refractivity contribution in [1.82, 2.24) is 24.6 Å². The molecule has 5 rings (SSSR count). The molecule has 4 aromatic rings. The lowest BCUT2D eigenvalue weighted by molar-refractivity contribution is 0.465. The molecule has 1 aromatic carbocycles. The molecule has 0 aliphatic carbocycles. The Bertz CT molecular complexity index is 1080. The van der Waals surface area contributed by atoms with Gasteiger partial charge in [0.2, 0.25) is 11.9 Å². The number of anilines is 3. The van der Waals surface area contributed by atoms with E-state index in [-0.39, 0.29) is 0 Å². The van der Waals surface area contributed by atoms with Crippen LogP contribution in [0.3, 0.4) is 0 Å². The molecule has 2 N–H and O–H groups in total. The van der Waals surface area contributed by atoms with Crippen molar-refractivity contribution in [3.05, 3.63) is 66.0 Å². The smallest absolute Gasteiger partial charge is 0.231 e. The highest BCUT2D eigenvalue weighted by Crippen LogP contribution is 2.34. The van der Waals surface area contributed by atoms with Crippen LogP contribution in [0.2, 0.25) is 0 Å². The van der Waals surface area contributed by atoms with Gasteiger partial charge < -0.3 is 10.2 Å². The van der Waals surface area contributed by atoms with Crippen LogP contribution in [0, 0.1) is 6.92 Å². The monoisotopic (exact) mass is 373 g/mol. The summed E-state index contributed by atoms with van der Waals surface area (Å²) in [4.78, 5) is 12.1. The van der Waals surface area contributed by atoms with Crippen LogP contribution < -0.4 is 10.2 Å². The maximum atomic E-state index is 4.90. The lowest BCUT2D eigenvalue weighted by Crippen LogP contribution is -2.35. The van der Waals surface area contributed by atoms with Gasteiger partial charge in [-0.05, 0) is 43.9 Å². The van der Waals surface area contributed by atoms with Crippen LogP contribution in [-0.2, 0) is 0 Å². The van der Waals surface area contributed by atoms with E-state index in [1.165, 1.54) is 12.0 Å². The van der Waals surface area contributed by atoms with E-state index in [0.717, 1.165) is 48.4 Å². The molecular formula is C21H23N7. The fourth-order valence-corrected chi connectivity index (χ4v) is 3.93. The summed E-state index contributed by atoms with van der Waals surface area (Å²) >= 11 is 0. The summed E-state index contributed by atoms with van der Waals surface area (Å²) in [5, 5.41) is 10.5. The number of benzene rings is 1. The Morgan fingerprint density at radius 2 is 1.96 bits per heavy atom. The molecule has 4 heterocycles. The third kappa shape index (κ3) is 3.09. The molecule has 1 aliphatic rings. The van der Waals surface area contributed by atoms with Crippen molar-refractivity contribution < 1.29 is 0 Å². The van der Waals surface area contributed by atoms with Crippen LogP contribution in [0.15, 0.2) is 54.7 Å². The molecule has 7 nitrogen and oxygen atoms in total. The minimum atomic E-state index is 0.301. The first-order chi connectivity index (χ1) is 13.8. The van der Waals surface area contributed by atoms with E-state index < -0.39 is 0 Å². The summed E-state index contributed by atoms with van der Waals surface area (Å²) in [5.74, 6) is 2.31. The minimum Gasteiger partial charge on any atom is -0.334 e. The molecule has 1 fully saturated rings. The maximum absolute atomic E-state index is 4.90. The average Bonchev–Trinajstić information content (AvgIpc) is 3.37. The lowest BCUT2D eigenvalue weighted by atomic mass is 9.96. The SMILES string of the molecule is Cc1cc(Nc2nc(N3CCCCC3c3ccccc3)nc3cccn23)[nH]n1. The Balaban J connectivity index is 1.56. The second-order valence-corrected chi connectivity index (χ2v) is 7.25. The van der Waals surface area contributed by atoms with Crippen molar-refractivity contribution >= 4 is 23.4 Å². The summed E-state index contributed by atoms with van der Waals surface area (Å²) in [6.45, 7) is 2.91. The fraction of sp³-hybridized carbons (Fsp3) is 0.286. The average molecular weight is 373 g/mol. The molecule has 0 radical (unpaired) electrons. The van der Waals surface area contributed by atoms with E-state index >= 15 is 0 Å². The summed E-state index contributed by atoms with van der Waals surface area (Å²) in [7, 11) is 0. The molecule has 28 heavy (non-hydrogen) atoms. The molecule has 0 spiro atoms. The van der Waals surface area contributed by atoms with E-state index in [2.05, 4.69) is 50.7 Å². The number of H-pyrrole nitrogens is 1. The van der Waals surface area contributed by atoms with Crippen molar-refractivity contribution in [2.75, 3.05) is 16.8 Å². The number of aromatic nitrogens is 5. The van der Waals surface area contributed by atoms with Crippen molar-refractivity contribution in [3.8, 4) is 0 Å². The zero-order valence-electron chi connectivity index (χ0n) is 15.8. The number of piperidine rings is 1. The van der Waals surface area contributed by atoms with Gasteiger partial charge in [0.15, 0.2) is 0 Å². The largest absolute Gasteiger partial charge is 0.334 e. The van der Waals surface area contributed by atoms with Gasteiger partial charge >= 0.3 is 0 Å². The zero-order valence-corrected chi connectivity index (χ0v) is 15.8. The normalized spacial score (nSPS) is 17.2. The van der Waals surface area contributed by atoms with Gasteiger partial charge in [0.25, 0.3) is 0 Å². The fourth-order valence-electron chi connectivity index (χ4n) is 3.93. The van der Waals surface area contributed by atoms with Gasteiger partial charge in [-0.2, -0.15) is 15.1 Å². The standard InChI is InChI=1S/C21H23N7/c1-15-14-18(26-25-15)22-20-24-21(23-19-11-7-13-28(19)20)27-12-6-5-10-17(27)16-8-3-2-4-9-16/h2-4,7-9,11,13-14,17H,5-6,10,12H2,1H3,(H2,22,23,24,25,26). The molecule has 0 amide bonds. The highest BCUT2D eigenvalue weighted by molar-refractivity contribution is 5.57. The molecule has 1 unspecified atom stereocenters. The molecule has 1 atom stereocenters. The molecule has 1 saturated heterocycles. The predicted octanol–water partition coefficient (Wildman–Crippen LogP) is 4.24. The number of hydrogen-bond donors (Lipinski definition) is 2. The van der Waals surface area contributed by atoms with E-state index in [9.17, 15) is 0 Å². The summed E-state index contributed by atoms with van der Waals surface area (Å²) in [5.41, 5.74) is 3.13. The van der Waals surface area contributed by atoms with Crippen LogP contribution in [0.1, 0.15) is 36.6 Å². The Labute approximate surface area is 163 Å². The molecule has 3 aromatic heterocycles. The zero-order chi connectivity index (χ0) is 18.9. The van der Waals surface area contributed by atoms with Crippen molar-refractivity contribution in [2.45, 2.75) is 32.2 Å². The van der Waals surface area contributed by atoms with Crippen LogP contribution in [-0.4, -0.2) is 31.1 Å². The van der Waals surface area contributed by atoms with Gasteiger partial charge in [-0.15, -0.1) is 0 Å². The van der Waals surface area contributed by atoms with Gasteiger partial charge in [0.1, 0.15) is 11.5 Å². The van der Waals surface area contributed by atoms with Gasteiger partial charge in [0, 0.05) is 18.8 Å². The quantitative estimate of drug-likeness (QED) is 0.560. The second kappa shape index (κ2) is 6.99. The van der Waals surface area contributed by atoms with Gasteiger partial charge in [-0.3, -0.25) is 9.50 Å². The van der Waals surface area contributed by atoms with E-state index in [1.54, 1.807) is 0 Å². The Kier molecular flexibility index (Phi) is 4.20. The minimum absolute atomic E-state index is 0.301. The van der Waals surface area contributed by atoms with Crippen LogP contribution in [0.25, 0.3) is 5.65 Å². The first kappa shape index (κ1) is 16.8. The maximum Gasteiger partial charge on any atom is 0.231 e. The molecule has 142 valence electrons. The van der Waals surface area contributed by atoms with E-state index in [4.69, 9.17) is 9.97 Å². The number of rotatable bonds is 4. The molecule has 7 heteroatoms. The summed E-state index contributed by atoms with van der Waals surface area (Å²) < 4.78 is 1.96. The number of aromatic amines is 1. The van der Waals surface area contributed by atoms with Gasteiger partial charge in [0.05, 0.1) is 11.7 Å². The topological polar surface area (TPSA) is 74.1 Å². The third-order valence-electron chi connectivity index (χ3n) is 5.27. The van der Waals surface area contributed by atoms with Crippen molar-refractivity contribution in [3.63, 3.8) is 0 Å². The Morgan fingerprint density at radius 3 is 2.79 bits per heavy atom. The van der Waals surface area contributed by atoms with Gasteiger partial charge in [-0.25, -0.2) is 0 Å². The highest BCUT2D eigenvalue weighted by atomic mass is 15.3. The van der Waals surface area contributed by atoms with Crippen molar-refractivity contribution in [1.29, 1.82) is 0 Å².